The maximum absolute atomic E-state index is 6.59. The van der Waals surface area contributed by atoms with Gasteiger partial charge in [0, 0.05) is 16.1 Å². The minimum absolute atomic E-state index is 0.625. The zero-order valence-corrected chi connectivity index (χ0v) is 17.4. The summed E-state index contributed by atoms with van der Waals surface area (Å²) in [5.41, 5.74) is 3.10. The van der Waals surface area contributed by atoms with Gasteiger partial charge in [-0.25, -0.2) is 0 Å². The highest BCUT2D eigenvalue weighted by atomic mass is 79.9. The summed E-state index contributed by atoms with van der Waals surface area (Å²) < 4.78 is 7.70. The molecular formula is C17H28BrClOSi. The zero-order valence-electron chi connectivity index (χ0n) is 14.0. The van der Waals surface area contributed by atoms with Gasteiger partial charge in [0.05, 0.1) is 0 Å². The summed E-state index contributed by atoms with van der Waals surface area (Å²) in [6.45, 7) is 14.7. The first kappa shape index (κ1) is 19.2. The molecular weight excluding hydrogens is 364 g/mol. The van der Waals surface area contributed by atoms with Crippen LogP contribution in [0.25, 0.3) is 0 Å². The van der Waals surface area contributed by atoms with E-state index < -0.39 is 8.32 Å². The average molecular weight is 392 g/mol. The molecule has 0 amide bonds. The fraction of sp³-hybridized carbons (Fsp3) is 0.647. The summed E-state index contributed by atoms with van der Waals surface area (Å²) in [6.07, 6.45) is 0.905. The molecule has 0 bridgehead atoms. The number of halogens is 2. The van der Waals surface area contributed by atoms with Crippen molar-refractivity contribution in [1.82, 2.24) is 0 Å². The lowest BCUT2D eigenvalue weighted by atomic mass is 10.2. The average Bonchev–Trinajstić information content (AvgIpc) is 2.37. The first-order chi connectivity index (χ1) is 9.71. The standard InChI is InChI=1S/C17H28BrClOSi/c1-12(2)21(13(3)4,14(5)6)20-10-9-15-11-16(19)7-8-17(15)18/h7-8,11-14H,9-10H2,1-6H3. The molecule has 0 aliphatic heterocycles. The Bertz CT molecular complexity index is 438. The van der Waals surface area contributed by atoms with Crippen molar-refractivity contribution in [2.24, 2.45) is 0 Å². The van der Waals surface area contributed by atoms with Crippen LogP contribution in [0.15, 0.2) is 22.7 Å². The summed E-state index contributed by atoms with van der Waals surface area (Å²) in [5, 5.41) is 0.785. The lowest BCUT2D eigenvalue weighted by molar-refractivity contribution is 0.281. The Balaban J connectivity index is 2.81. The Kier molecular flexibility index (Phi) is 7.45. The molecule has 1 aromatic rings. The van der Waals surface area contributed by atoms with Crippen LogP contribution in [0.2, 0.25) is 21.6 Å². The molecule has 1 aromatic carbocycles. The number of rotatable bonds is 7. The van der Waals surface area contributed by atoms with Crippen LogP contribution in [0.5, 0.6) is 0 Å². The highest BCUT2D eigenvalue weighted by molar-refractivity contribution is 9.10. The van der Waals surface area contributed by atoms with Crippen LogP contribution >= 0.6 is 27.5 Å². The van der Waals surface area contributed by atoms with Crippen LogP contribution in [0, 0.1) is 0 Å². The fourth-order valence-corrected chi connectivity index (χ4v) is 9.67. The SMILES string of the molecule is CC(C)[Si](OCCc1cc(Cl)ccc1Br)(C(C)C)C(C)C. The molecule has 120 valence electrons. The van der Waals surface area contributed by atoms with E-state index >= 15 is 0 Å². The third-order valence-electron chi connectivity index (χ3n) is 4.44. The van der Waals surface area contributed by atoms with Gasteiger partial charge in [-0.1, -0.05) is 69.1 Å². The number of hydrogen-bond donors (Lipinski definition) is 0. The Morgan fingerprint density at radius 3 is 2.05 bits per heavy atom. The van der Waals surface area contributed by atoms with Gasteiger partial charge in [0.1, 0.15) is 0 Å². The van der Waals surface area contributed by atoms with Gasteiger partial charge >= 0.3 is 0 Å². The van der Waals surface area contributed by atoms with Crippen LogP contribution in [-0.2, 0) is 10.8 Å². The first-order valence-electron chi connectivity index (χ1n) is 7.79. The van der Waals surface area contributed by atoms with E-state index in [0.29, 0.717) is 16.6 Å². The van der Waals surface area contributed by atoms with E-state index in [1.165, 1.54) is 5.56 Å². The van der Waals surface area contributed by atoms with E-state index in [9.17, 15) is 0 Å². The van der Waals surface area contributed by atoms with E-state index in [0.717, 1.165) is 22.5 Å². The molecule has 4 heteroatoms. The van der Waals surface area contributed by atoms with Gasteiger partial charge in [0.2, 0.25) is 0 Å². The Labute approximate surface area is 144 Å². The molecule has 0 aliphatic carbocycles. The molecule has 0 spiro atoms. The molecule has 0 unspecified atom stereocenters. The van der Waals surface area contributed by atoms with E-state index in [-0.39, 0.29) is 0 Å². The fourth-order valence-electron chi connectivity index (χ4n) is 3.57. The summed E-state index contributed by atoms with van der Waals surface area (Å²) in [7, 11) is -1.76. The molecule has 21 heavy (non-hydrogen) atoms. The van der Waals surface area contributed by atoms with Gasteiger partial charge in [0.15, 0.2) is 8.32 Å². The molecule has 0 saturated carbocycles. The minimum atomic E-state index is -1.76. The van der Waals surface area contributed by atoms with Crippen molar-refractivity contribution < 1.29 is 4.43 Å². The molecule has 0 N–H and O–H groups in total. The summed E-state index contributed by atoms with van der Waals surface area (Å²) in [5.74, 6) is 0. The van der Waals surface area contributed by atoms with Gasteiger partial charge in [-0.15, -0.1) is 0 Å². The van der Waals surface area contributed by atoms with Crippen molar-refractivity contribution in [3.05, 3.63) is 33.3 Å². The Morgan fingerprint density at radius 1 is 1.05 bits per heavy atom. The van der Waals surface area contributed by atoms with Gasteiger partial charge in [-0.05, 0) is 46.8 Å². The third-order valence-corrected chi connectivity index (χ3v) is 11.6. The lowest BCUT2D eigenvalue weighted by Gasteiger charge is -2.42. The minimum Gasteiger partial charge on any atom is -0.416 e. The van der Waals surface area contributed by atoms with Crippen LogP contribution in [0.4, 0.5) is 0 Å². The smallest absolute Gasteiger partial charge is 0.200 e. The Morgan fingerprint density at radius 2 is 1.57 bits per heavy atom. The van der Waals surface area contributed by atoms with Crippen molar-refractivity contribution in [2.45, 2.75) is 64.6 Å². The van der Waals surface area contributed by atoms with E-state index in [1.807, 2.05) is 18.2 Å². The molecule has 0 heterocycles. The first-order valence-corrected chi connectivity index (χ1v) is 11.1. The highest BCUT2D eigenvalue weighted by Crippen LogP contribution is 2.42. The van der Waals surface area contributed by atoms with Crippen molar-refractivity contribution in [1.29, 1.82) is 0 Å². The quantitative estimate of drug-likeness (QED) is 0.462. The van der Waals surface area contributed by atoms with Gasteiger partial charge in [-0.2, -0.15) is 0 Å². The van der Waals surface area contributed by atoms with Crippen LogP contribution in [0.3, 0.4) is 0 Å². The second-order valence-corrected chi connectivity index (χ2v) is 13.4. The van der Waals surface area contributed by atoms with Crippen LogP contribution in [0.1, 0.15) is 47.1 Å². The normalized spacial score (nSPS) is 12.7. The summed E-state index contributed by atoms with van der Waals surface area (Å²) in [4.78, 5) is 0. The summed E-state index contributed by atoms with van der Waals surface area (Å²) >= 11 is 9.68. The van der Waals surface area contributed by atoms with Gasteiger partial charge in [0.25, 0.3) is 0 Å². The predicted molar refractivity (Wildman–Crippen MR) is 99.9 cm³/mol. The van der Waals surface area contributed by atoms with E-state index in [1.54, 1.807) is 0 Å². The third kappa shape index (κ3) is 4.57. The molecule has 0 atom stereocenters. The van der Waals surface area contributed by atoms with Crippen molar-refractivity contribution >= 4 is 35.8 Å². The van der Waals surface area contributed by atoms with Gasteiger partial charge < -0.3 is 4.43 Å². The van der Waals surface area contributed by atoms with E-state index in [2.05, 4.69) is 57.5 Å². The number of hydrogen-bond acceptors (Lipinski definition) is 1. The molecule has 0 fully saturated rings. The molecule has 0 aromatic heterocycles. The van der Waals surface area contributed by atoms with Crippen molar-refractivity contribution in [2.75, 3.05) is 6.61 Å². The maximum Gasteiger partial charge on any atom is 0.200 e. The zero-order chi connectivity index (χ0) is 16.2. The lowest BCUT2D eigenvalue weighted by Crippen LogP contribution is -2.48. The Hall–Kier alpha value is 0.167. The second-order valence-electron chi connectivity index (χ2n) is 6.65. The number of benzene rings is 1. The van der Waals surface area contributed by atoms with Crippen molar-refractivity contribution in [3.8, 4) is 0 Å². The maximum atomic E-state index is 6.59. The van der Waals surface area contributed by atoms with Gasteiger partial charge in [-0.3, -0.25) is 0 Å². The largest absolute Gasteiger partial charge is 0.416 e. The van der Waals surface area contributed by atoms with E-state index in [4.69, 9.17) is 16.0 Å². The van der Waals surface area contributed by atoms with Crippen molar-refractivity contribution in [3.63, 3.8) is 0 Å². The molecule has 1 rings (SSSR count). The molecule has 0 saturated heterocycles. The molecule has 0 aliphatic rings. The highest BCUT2D eigenvalue weighted by Gasteiger charge is 2.44. The molecule has 0 radical (unpaired) electrons. The topological polar surface area (TPSA) is 9.23 Å². The second kappa shape index (κ2) is 8.14. The summed E-state index contributed by atoms with van der Waals surface area (Å²) in [6, 6.07) is 5.94. The van der Waals surface area contributed by atoms with Crippen LogP contribution in [-0.4, -0.2) is 14.9 Å². The predicted octanol–water partition coefficient (Wildman–Crippen LogP) is 6.84. The molecule has 1 nitrogen and oxygen atoms in total. The monoisotopic (exact) mass is 390 g/mol. The van der Waals surface area contributed by atoms with Crippen LogP contribution < -0.4 is 0 Å².